The Morgan fingerprint density at radius 1 is 1.33 bits per heavy atom. The van der Waals surface area contributed by atoms with Crippen LogP contribution < -0.4 is 0 Å². The second-order valence-corrected chi connectivity index (χ2v) is 1.28. The first kappa shape index (κ1) is 10.9. The largest absolute Gasteiger partial charge is 0.106 e. The monoisotopic (exact) mass is 122 g/mol. The van der Waals surface area contributed by atoms with E-state index in [-0.39, 0.29) is 0 Å². The number of hydrogen-bond donors (Lipinski definition) is 0. The minimum Gasteiger partial charge on any atom is -0.106 e. The third-order valence-electron chi connectivity index (χ3n) is 0.643. The van der Waals surface area contributed by atoms with Gasteiger partial charge in [-0.05, 0) is 12.5 Å². The summed E-state index contributed by atoms with van der Waals surface area (Å²) in [6, 6.07) is 0. The molecule has 0 unspecified atom stereocenters. The Kier molecular flexibility index (Phi) is 12.1. The van der Waals surface area contributed by atoms with Gasteiger partial charge in [-0.2, -0.15) is 0 Å². The predicted molar refractivity (Wildman–Crippen MR) is 45.4 cm³/mol. The lowest BCUT2D eigenvalue weighted by Crippen LogP contribution is -1.58. The van der Waals surface area contributed by atoms with Gasteiger partial charge in [-0.3, -0.25) is 0 Å². The van der Waals surface area contributed by atoms with Gasteiger partial charge < -0.3 is 0 Å². The van der Waals surface area contributed by atoms with Gasteiger partial charge in [0, 0.05) is 0 Å². The van der Waals surface area contributed by atoms with Crippen molar-refractivity contribution in [3.63, 3.8) is 0 Å². The molecule has 0 N–H and O–H groups in total. The van der Waals surface area contributed by atoms with E-state index in [1.807, 2.05) is 19.1 Å². The van der Waals surface area contributed by atoms with Crippen molar-refractivity contribution in [2.75, 3.05) is 0 Å². The molecule has 9 heavy (non-hydrogen) atoms. The normalized spacial score (nSPS) is 7.67. The molecule has 0 aromatic carbocycles. The van der Waals surface area contributed by atoms with Gasteiger partial charge in [-0.1, -0.05) is 31.4 Å². The number of hydrogen-bond acceptors (Lipinski definition) is 0. The maximum absolute atomic E-state index is 3.66. The molecule has 0 aliphatic carbocycles. The van der Waals surface area contributed by atoms with Crippen LogP contribution >= 0.6 is 0 Å². The molecule has 0 heterocycles. The van der Waals surface area contributed by atoms with Gasteiger partial charge in [0.15, 0.2) is 0 Å². The lowest BCUT2D eigenvalue weighted by Gasteiger charge is -1.79. The first-order valence-corrected chi connectivity index (χ1v) is 2.75. The molecule has 0 aromatic heterocycles. The summed E-state index contributed by atoms with van der Waals surface area (Å²) in [6.45, 7) is 15.1. The summed E-state index contributed by atoms with van der Waals surface area (Å²) in [5.41, 5.74) is 0.961. The van der Waals surface area contributed by atoms with Crippen LogP contribution in [0.25, 0.3) is 0 Å². The molecule has 0 aliphatic rings. The first-order chi connectivity index (χ1) is 4.31. The van der Waals surface area contributed by atoms with Gasteiger partial charge in [0.2, 0.25) is 0 Å². The van der Waals surface area contributed by atoms with Gasteiger partial charge in [0.05, 0.1) is 0 Å². The van der Waals surface area contributed by atoms with E-state index in [9.17, 15) is 0 Å². The van der Waals surface area contributed by atoms with Gasteiger partial charge in [-0.15, -0.1) is 13.2 Å². The summed E-state index contributed by atoms with van der Waals surface area (Å²) in [7, 11) is 0. The Morgan fingerprint density at radius 2 is 1.78 bits per heavy atom. The summed E-state index contributed by atoms with van der Waals surface area (Å²) < 4.78 is 0. The van der Waals surface area contributed by atoms with Crippen LogP contribution in [0, 0.1) is 0 Å². The van der Waals surface area contributed by atoms with E-state index < -0.39 is 0 Å². The molecule has 0 rings (SSSR count). The average Bonchev–Trinajstić information content (AvgIpc) is 1.93. The molecule has 0 nitrogen and oxygen atoms in total. The maximum Gasteiger partial charge on any atom is -0.0338 e. The molecule has 0 saturated carbocycles. The molecule has 0 aromatic rings. The van der Waals surface area contributed by atoms with E-state index in [1.54, 1.807) is 6.08 Å². The molecular weight excluding hydrogens is 108 g/mol. The van der Waals surface area contributed by atoms with Gasteiger partial charge in [0.1, 0.15) is 0 Å². The Balaban J connectivity index is 0. The standard InChI is InChI=1S/C7H10.C2H4/c1-4-6-7(3)5-2;1-2/h4-6H,2-3H2,1H3;1-2H2/b6-4-;. The zero-order valence-corrected chi connectivity index (χ0v) is 6.06. The molecule has 0 saturated heterocycles. The average molecular weight is 122 g/mol. The van der Waals surface area contributed by atoms with Crippen molar-refractivity contribution in [3.8, 4) is 0 Å². The third-order valence-corrected chi connectivity index (χ3v) is 0.643. The first-order valence-electron chi connectivity index (χ1n) is 2.75. The van der Waals surface area contributed by atoms with E-state index in [0.717, 1.165) is 5.57 Å². The highest BCUT2D eigenvalue weighted by atomic mass is 13.8. The second-order valence-electron chi connectivity index (χ2n) is 1.28. The summed E-state index contributed by atoms with van der Waals surface area (Å²) >= 11 is 0. The van der Waals surface area contributed by atoms with Crippen molar-refractivity contribution in [2.45, 2.75) is 6.92 Å². The zero-order chi connectivity index (χ0) is 7.70. The van der Waals surface area contributed by atoms with E-state index in [2.05, 4.69) is 26.3 Å². The van der Waals surface area contributed by atoms with Crippen LogP contribution in [-0.4, -0.2) is 0 Å². The molecule has 0 radical (unpaired) electrons. The third kappa shape index (κ3) is 10.9. The summed E-state index contributed by atoms with van der Waals surface area (Å²) in [4.78, 5) is 0. The lowest BCUT2D eigenvalue weighted by atomic mass is 10.3. The van der Waals surface area contributed by atoms with E-state index in [4.69, 9.17) is 0 Å². The fourth-order valence-corrected chi connectivity index (χ4v) is 0.282. The van der Waals surface area contributed by atoms with E-state index in [1.165, 1.54) is 0 Å². The van der Waals surface area contributed by atoms with Crippen LogP contribution in [0.5, 0.6) is 0 Å². The van der Waals surface area contributed by atoms with E-state index in [0.29, 0.717) is 0 Å². The van der Waals surface area contributed by atoms with Crippen molar-refractivity contribution < 1.29 is 0 Å². The highest BCUT2D eigenvalue weighted by Crippen LogP contribution is 1.90. The van der Waals surface area contributed by atoms with Gasteiger partial charge in [-0.25, -0.2) is 0 Å². The van der Waals surface area contributed by atoms with Crippen LogP contribution in [-0.2, 0) is 0 Å². The molecule has 0 heteroatoms. The molecule has 0 bridgehead atoms. The van der Waals surface area contributed by atoms with Crippen molar-refractivity contribution in [3.05, 3.63) is 50.1 Å². The van der Waals surface area contributed by atoms with Crippen molar-refractivity contribution in [1.29, 1.82) is 0 Å². The molecule has 0 spiro atoms. The van der Waals surface area contributed by atoms with Crippen LogP contribution in [0.4, 0.5) is 0 Å². The minimum absolute atomic E-state index is 0.961. The lowest BCUT2D eigenvalue weighted by molar-refractivity contribution is 1.67. The number of rotatable bonds is 2. The van der Waals surface area contributed by atoms with Crippen LogP contribution in [0.1, 0.15) is 6.92 Å². The van der Waals surface area contributed by atoms with Crippen LogP contribution in [0.2, 0.25) is 0 Å². The van der Waals surface area contributed by atoms with Crippen LogP contribution in [0.3, 0.4) is 0 Å². The summed E-state index contributed by atoms with van der Waals surface area (Å²) in [6.07, 6.45) is 5.57. The fourth-order valence-electron chi connectivity index (χ4n) is 0.282. The molecule has 0 amide bonds. The minimum atomic E-state index is 0.961. The summed E-state index contributed by atoms with van der Waals surface area (Å²) in [5.74, 6) is 0. The summed E-state index contributed by atoms with van der Waals surface area (Å²) in [5, 5.41) is 0. The highest BCUT2D eigenvalue weighted by Gasteiger charge is 1.69. The molecule has 0 atom stereocenters. The smallest absolute Gasteiger partial charge is 0.0338 e. The second kappa shape index (κ2) is 10.0. The van der Waals surface area contributed by atoms with Gasteiger partial charge in [0.25, 0.3) is 0 Å². The highest BCUT2D eigenvalue weighted by molar-refractivity contribution is 5.24. The van der Waals surface area contributed by atoms with E-state index >= 15 is 0 Å². The Labute approximate surface area is 57.9 Å². The predicted octanol–water partition coefficient (Wildman–Crippen LogP) is 3.11. The van der Waals surface area contributed by atoms with Crippen molar-refractivity contribution in [1.82, 2.24) is 0 Å². The van der Waals surface area contributed by atoms with Gasteiger partial charge >= 0.3 is 0 Å². The maximum atomic E-state index is 3.66. The molecule has 0 fully saturated rings. The van der Waals surface area contributed by atoms with Crippen molar-refractivity contribution in [2.24, 2.45) is 0 Å². The Bertz CT molecular complexity index is 107. The molecule has 0 aliphatic heterocycles. The quantitative estimate of drug-likeness (QED) is 0.390. The zero-order valence-electron chi connectivity index (χ0n) is 6.06. The van der Waals surface area contributed by atoms with Crippen molar-refractivity contribution >= 4 is 0 Å². The molecule has 50 valence electrons. The SMILES string of the molecule is C=C.C=CC(=C)/C=C\C. The van der Waals surface area contributed by atoms with Crippen LogP contribution in [0.15, 0.2) is 50.1 Å². The Hall–Kier alpha value is -1.04. The fraction of sp³-hybridized carbons (Fsp3) is 0.111. The topological polar surface area (TPSA) is 0 Å². The molecular formula is C9H14. The number of allylic oxidation sites excluding steroid dienone is 4. The Morgan fingerprint density at radius 3 is 1.89 bits per heavy atom.